The number of aromatic nitrogens is 1. The lowest BCUT2D eigenvalue weighted by Crippen LogP contribution is -2.35. The molecule has 0 spiro atoms. The molecule has 0 aliphatic rings. The fourth-order valence-corrected chi connectivity index (χ4v) is 3.26. The molecule has 1 heterocycles. The van der Waals surface area contributed by atoms with E-state index in [9.17, 15) is 5.11 Å². The zero-order valence-electron chi connectivity index (χ0n) is 11.9. The summed E-state index contributed by atoms with van der Waals surface area (Å²) >= 11 is 7.78. The van der Waals surface area contributed by atoms with Gasteiger partial charge >= 0.3 is 0 Å². The standard InChI is InChI=1S/C15H19ClN2OS/c1-15(2,19)10-18(3)8-11-9-20-14(17-11)12-6-4-5-7-13(12)16/h4-7,9,19H,8,10H2,1-3H3. The van der Waals surface area contributed by atoms with Gasteiger partial charge in [0.1, 0.15) is 5.01 Å². The molecule has 0 saturated carbocycles. The first kappa shape index (κ1) is 15.4. The van der Waals surface area contributed by atoms with E-state index >= 15 is 0 Å². The average Bonchev–Trinajstić information content (AvgIpc) is 2.75. The Morgan fingerprint density at radius 2 is 2.05 bits per heavy atom. The molecule has 20 heavy (non-hydrogen) atoms. The summed E-state index contributed by atoms with van der Waals surface area (Å²) in [5.41, 5.74) is 1.27. The van der Waals surface area contributed by atoms with Gasteiger partial charge in [0.25, 0.3) is 0 Å². The first-order valence-electron chi connectivity index (χ1n) is 6.45. The van der Waals surface area contributed by atoms with Crippen LogP contribution >= 0.6 is 22.9 Å². The summed E-state index contributed by atoms with van der Waals surface area (Å²) in [6.07, 6.45) is 0. The lowest BCUT2D eigenvalue weighted by Gasteiger charge is -2.24. The first-order valence-corrected chi connectivity index (χ1v) is 7.71. The van der Waals surface area contributed by atoms with Crippen LogP contribution in [0.3, 0.4) is 0 Å². The quantitative estimate of drug-likeness (QED) is 0.915. The van der Waals surface area contributed by atoms with E-state index < -0.39 is 5.60 Å². The predicted octanol–water partition coefficient (Wildman–Crippen LogP) is 3.67. The highest BCUT2D eigenvalue weighted by Crippen LogP contribution is 2.30. The normalized spacial score (nSPS) is 12.1. The molecule has 0 bridgehead atoms. The van der Waals surface area contributed by atoms with Crippen molar-refractivity contribution in [2.45, 2.75) is 26.0 Å². The largest absolute Gasteiger partial charge is 0.389 e. The van der Waals surface area contributed by atoms with Crippen molar-refractivity contribution in [3.63, 3.8) is 0 Å². The van der Waals surface area contributed by atoms with Crippen LogP contribution in [-0.4, -0.2) is 34.2 Å². The van der Waals surface area contributed by atoms with Crippen molar-refractivity contribution in [2.75, 3.05) is 13.6 Å². The molecular weight excluding hydrogens is 292 g/mol. The minimum atomic E-state index is -0.698. The van der Waals surface area contributed by atoms with E-state index in [1.54, 1.807) is 25.2 Å². The van der Waals surface area contributed by atoms with Crippen molar-refractivity contribution in [3.05, 3.63) is 40.4 Å². The molecule has 0 atom stereocenters. The molecule has 1 aromatic carbocycles. The Bertz CT molecular complexity index is 577. The van der Waals surface area contributed by atoms with E-state index in [4.69, 9.17) is 11.6 Å². The van der Waals surface area contributed by atoms with Gasteiger partial charge in [-0.15, -0.1) is 11.3 Å². The monoisotopic (exact) mass is 310 g/mol. The zero-order chi connectivity index (χ0) is 14.8. The van der Waals surface area contributed by atoms with Crippen LogP contribution in [0.5, 0.6) is 0 Å². The molecule has 0 amide bonds. The smallest absolute Gasteiger partial charge is 0.125 e. The van der Waals surface area contributed by atoms with E-state index in [2.05, 4.69) is 9.88 Å². The van der Waals surface area contributed by atoms with Crippen LogP contribution in [0.25, 0.3) is 10.6 Å². The molecule has 0 unspecified atom stereocenters. The van der Waals surface area contributed by atoms with E-state index in [1.165, 1.54) is 0 Å². The maximum absolute atomic E-state index is 9.81. The second kappa shape index (κ2) is 6.22. The van der Waals surface area contributed by atoms with Crippen molar-refractivity contribution >= 4 is 22.9 Å². The molecule has 3 nitrogen and oxygen atoms in total. The number of rotatable bonds is 5. The lowest BCUT2D eigenvalue weighted by molar-refractivity contribution is 0.0422. The highest BCUT2D eigenvalue weighted by atomic mass is 35.5. The number of hydrogen-bond acceptors (Lipinski definition) is 4. The Morgan fingerprint density at radius 3 is 2.70 bits per heavy atom. The third-order valence-electron chi connectivity index (χ3n) is 2.74. The Morgan fingerprint density at radius 1 is 1.35 bits per heavy atom. The summed E-state index contributed by atoms with van der Waals surface area (Å²) in [5, 5.41) is 13.5. The van der Waals surface area contributed by atoms with Crippen LogP contribution in [0, 0.1) is 0 Å². The number of hydrogen-bond donors (Lipinski definition) is 1. The minimum absolute atomic E-state index is 0.603. The molecule has 5 heteroatoms. The van der Waals surface area contributed by atoms with Crippen LogP contribution in [0.1, 0.15) is 19.5 Å². The number of halogens is 1. The molecular formula is C15H19ClN2OS. The van der Waals surface area contributed by atoms with E-state index in [0.29, 0.717) is 13.1 Å². The summed E-state index contributed by atoms with van der Waals surface area (Å²) < 4.78 is 0. The van der Waals surface area contributed by atoms with Crippen LogP contribution in [0.2, 0.25) is 5.02 Å². The van der Waals surface area contributed by atoms with Crippen LogP contribution in [0.15, 0.2) is 29.6 Å². The van der Waals surface area contributed by atoms with Gasteiger partial charge in [0.2, 0.25) is 0 Å². The maximum Gasteiger partial charge on any atom is 0.125 e. The summed E-state index contributed by atoms with van der Waals surface area (Å²) in [6, 6.07) is 7.73. The van der Waals surface area contributed by atoms with Crippen LogP contribution in [0.4, 0.5) is 0 Å². The zero-order valence-corrected chi connectivity index (χ0v) is 13.5. The molecule has 2 aromatic rings. The second-order valence-corrected chi connectivity index (χ2v) is 6.87. The number of thiazole rings is 1. The van der Waals surface area contributed by atoms with Gasteiger partial charge in [0.15, 0.2) is 0 Å². The SMILES string of the molecule is CN(Cc1csc(-c2ccccc2Cl)n1)CC(C)(C)O. The topological polar surface area (TPSA) is 36.4 Å². The van der Waals surface area contributed by atoms with Gasteiger partial charge < -0.3 is 5.11 Å². The lowest BCUT2D eigenvalue weighted by atomic mass is 10.1. The Labute approximate surface area is 128 Å². The fraction of sp³-hybridized carbons (Fsp3) is 0.400. The Hall–Kier alpha value is -0.940. The molecule has 0 saturated heterocycles. The van der Waals surface area contributed by atoms with Gasteiger partial charge in [-0.05, 0) is 27.0 Å². The van der Waals surface area contributed by atoms with E-state index in [-0.39, 0.29) is 0 Å². The van der Waals surface area contributed by atoms with Gasteiger partial charge in [0.05, 0.1) is 16.3 Å². The van der Waals surface area contributed by atoms with Gasteiger partial charge in [0, 0.05) is 24.0 Å². The molecule has 2 rings (SSSR count). The number of likely N-dealkylation sites (N-methyl/N-ethyl adjacent to an activating group) is 1. The highest BCUT2D eigenvalue weighted by molar-refractivity contribution is 7.13. The number of benzene rings is 1. The molecule has 0 fully saturated rings. The van der Waals surface area contributed by atoms with Crippen molar-refractivity contribution in [1.82, 2.24) is 9.88 Å². The van der Waals surface area contributed by atoms with Crippen molar-refractivity contribution in [2.24, 2.45) is 0 Å². The summed E-state index contributed by atoms with van der Waals surface area (Å²) in [5.74, 6) is 0. The first-order chi connectivity index (χ1) is 9.35. The number of nitrogens with zero attached hydrogens (tertiary/aromatic N) is 2. The van der Waals surface area contributed by atoms with E-state index in [0.717, 1.165) is 21.3 Å². The van der Waals surface area contributed by atoms with Crippen LogP contribution < -0.4 is 0 Å². The molecule has 0 radical (unpaired) electrons. The van der Waals surface area contributed by atoms with Gasteiger partial charge in [-0.25, -0.2) is 4.98 Å². The summed E-state index contributed by atoms with van der Waals surface area (Å²) in [7, 11) is 1.98. The molecule has 0 aliphatic heterocycles. The Balaban J connectivity index is 2.08. The molecule has 1 N–H and O–H groups in total. The minimum Gasteiger partial charge on any atom is -0.389 e. The third-order valence-corrected chi connectivity index (χ3v) is 4.00. The van der Waals surface area contributed by atoms with Gasteiger partial charge in [-0.1, -0.05) is 29.8 Å². The van der Waals surface area contributed by atoms with E-state index in [1.807, 2.05) is 36.7 Å². The third kappa shape index (κ3) is 4.28. The molecule has 0 aliphatic carbocycles. The summed E-state index contributed by atoms with van der Waals surface area (Å²) in [6.45, 7) is 4.93. The van der Waals surface area contributed by atoms with Crippen molar-refractivity contribution in [1.29, 1.82) is 0 Å². The van der Waals surface area contributed by atoms with Crippen LogP contribution in [-0.2, 0) is 6.54 Å². The number of aliphatic hydroxyl groups is 1. The average molecular weight is 311 g/mol. The molecule has 108 valence electrons. The fourth-order valence-electron chi connectivity index (χ4n) is 2.13. The molecule has 1 aromatic heterocycles. The van der Waals surface area contributed by atoms with Gasteiger partial charge in [-0.2, -0.15) is 0 Å². The summed E-state index contributed by atoms with van der Waals surface area (Å²) in [4.78, 5) is 6.68. The van der Waals surface area contributed by atoms with Crippen molar-refractivity contribution < 1.29 is 5.11 Å². The van der Waals surface area contributed by atoms with Crippen molar-refractivity contribution in [3.8, 4) is 10.6 Å². The highest BCUT2D eigenvalue weighted by Gasteiger charge is 2.16. The second-order valence-electron chi connectivity index (χ2n) is 5.61. The predicted molar refractivity (Wildman–Crippen MR) is 85.2 cm³/mol. The van der Waals surface area contributed by atoms with Gasteiger partial charge in [-0.3, -0.25) is 4.90 Å². The Kier molecular flexibility index (Phi) is 4.81. The maximum atomic E-state index is 9.81.